The van der Waals surface area contributed by atoms with Gasteiger partial charge in [-0.1, -0.05) is 18.2 Å². The van der Waals surface area contributed by atoms with Crippen LogP contribution >= 0.6 is 0 Å². The molecule has 1 aromatic heterocycles. The summed E-state index contributed by atoms with van der Waals surface area (Å²) in [6, 6.07) is 8.35. The number of nitrogens with two attached hydrogens (primary N) is 1. The Morgan fingerprint density at radius 2 is 2.04 bits per heavy atom. The number of nitrogen functional groups attached to an aromatic ring is 1. The number of nitrogens with zero attached hydrogens (tertiary/aromatic N) is 3. The van der Waals surface area contributed by atoms with Crippen molar-refractivity contribution in [3.8, 4) is 0 Å². The Kier molecular flexibility index (Phi) is 4.15. The molecule has 1 amide bonds. The minimum Gasteiger partial charge on any atom is -0.384 e. The molecule has 1 fully saturated rings. The van der Waals surface area contributed by atoms with E-state index >= 15 is 0 Å². The Morgan fingerprint density at radius 3 is 2.88 bits per heavy atom. The van der Waals surface area contributed by atoms with E-state index in [1.165, 1.54) is 24.0 Å². The van der Waals surface area contributed by atoms with Crippen molar-refractivity contribution in [1.29, 1.82) is 0 Å². The van der Waals surface area contributed by atoms with Gasteiger partial charge in [0.2, 0.25) is 5.91 Å². The number of aryl methyl sites for hydroxylation is 3. The average Bonchev–Trinajstić information content (AvgIpc) is 3.22. The molecule has 0 saturated carbocycles. The van der Waals surface area contributed by atoms with E-state index in [2.05, 4.69) is 28.2 Å². The lowest BCUT2D eigenvalue weighted by Crippen LogP contribution is -2.32. The first-order valence-corrected chi connectivity index (χ1v) is 9.11. The van der Waals surface area contributed by atoms with Crippen molar-refractivity contribution in [2.45, 2.75) is 51.5 Å². The topological polar surface area (TPSA) is 72.1 Å². The molecule has 4 rings (SSSR count). The molecule has 0 radical (unpaired) electrons. The molecule has 0 bridgehead atoms. The minimum atomic E-state index is 0.0194. The lowest BCUT2D eigenvalue weighted by atomic mass is 10.0. The van der Waals surface area contributed by atoms with Crippen molar-refractivity contribution in [3.63, 3.8) is 0 Å². The molecule has 0 spiro atoms. The van der Waals surface area contributed by atoms with E-state index in [4.69, 9.17) is 5.73 Å². The number of hydrogen-bond acceptors (Lipinski definition) is 4. The summed E-state index contributed by atoms with van der Waals surface area (Å²) in [5.41, 5.74) is 10.7. The maximum Gasteiger partial charge on any atom is 0.227 e. The zero-order valence-corrected chi connectivity index (χ0v) is 14.7. The fourth-order valence-corrected chi connectivity index (χ4v) is 4.17. The third-order valence-electron chi connectivity index (χ3n) is 5.31. The van der Waals surface area contributed by atoms with Crippen LogP contribution in [0.4, 0.5) is 5.82 Å². The SMILES string of the molecule is Cc1nc(N)cc([C@@H]2CCCN2C(=O)Cc2ccc3c(c2)CCC3)n1. The molecule has 1 aliphatic carbocycles. The molecular weight excluding hydrogens is 312 g/mol. The second-order valence-corrected chi connectivity index (χ2v) is 7.14. The van der Waals surface area contributed by atoms with Crippen LogP contribution in [0.25, 0.3) is 0 Å². The number of fused-ring (bicyclic) bond motifs is 1. The predicted octanol–water partition coefficient (Wildman–Crippen LogP) is 2.76. The third-order valence-corrected chi connectivity index (χ3v) is 5.31. The van der Waals surface area contributed by atoms with Gasteiger partial charge in [0, 0.05) is 12.6 Å². The van der Waals surface area contributed by atoms with Gasteiger partial charge in [-0.25, -0.2) is 9.97 Å². The highest BCUT2D eigenvalue weighted by atomic mass is 16.2. The Balaban J connectivity index is 1.52. The van der Waals surface area contributed by atoms with Gasteiger partial charge in [-0.15, -0.1) is 0 Å². The highest BCUT2D eigenvalue weighted by molar-refractivity contribution is 5.79. The summed E-state index contributed by atoms with van der Waals surface area (Å²) in [7, 11) is 0. The lowest BCUT2D eigenvalue weighted by Gasteiger charge is -2.25. The number of aromatic nitrogens is 2. The quantitative estimate of drug-likeness (QED) is 0.935. The number of anilines is 1. The van der Waals surface area contributed by atoms with Crippen LogP contribution in [0.2, 0.25) is 0 Å². The molecule has 2 aromatic rings. The van der Waals surface area contributed by atoms with Crippen LogP contribution in [0.3, 0.4) is 0 Å². The highest BCUT2D eigenvalue weighted by Crippen LogP contribution is 2.32. The molecule has 1 aromatic carbocycles. The average molecular weight is 336 g/mol. The number of benzene rings is 1. The predicted molar refractivity (Wildman–Crippen MR) is 97.0 cm³/mol. The van der Waals surface area contributed by atoms with Crippen LogP contribution in [0.5, 0.6) is 0 Å². The van der Waals surface area contributed by atoms with Gasteiger partial charge in [0.1, 0.15) is 11.6 Å². The van der Waals surface area contributed by atoms with Crippen LogP contribution in [0.1, 0.15) is 53.5 Å². The fourth-order valence-electron chi connectivity index (χ4n) is 4.17. The van der Waals surface area contributed by atoms with Crippen molar-refractivity contribution in [3.05, 3.63) is 52.5 Å². The van der Waals surface area contributed by atoms with Crippen molar-refractivity contribution in [1.82, 2.24) is 14.9 Å². The largest absolute Gasteiger partial charge is 0.384 e. The van der Waals surface area contributed by atoms with Crippen LogP contribution in [0.15, 0.2) is 24.3 Å². The molecule has 5 heteroatoms. The first-order chi connectivity index (χ1) is 12.1. The normalized spacial score (nSPS) is 19.2. The van der Waals surface area contributed by atoms with E-state index in [0.29, 0.717) is 18.1 Å². The molecule has 2 aliphatic rings. The Morgan fingerprint density at radius 1 is 1.20 bits per heavy atom. The summed E-state index contributed by atoms with van der Waals surface area (Å²) in [6.45, 7) is 2.63. The molecule has 1 atom stereocenters. The van der Waals surface area contributed by atoms with Gasteiger partial charge >= 0.3 is 0 Å². The van der Waals surface area contributed by atoms with Gasteiger partial charge in [-0.3, -0.25) is 4.79 Å². The minimum absolute atomic E-state index is 0.0194. The van der Waals surface area contributed by atoms with Gasteiger partial charge in [0.05, 0.1) is 18.2 Å². The Labute approximate surface area is 148 Å². The van der Waals surface area contributed by atoms with Gasteiger partial charge < -0.3 is 10.6 Å². The number of likely N-dealkylation sites (tertiary alicyclic amines) is 1. The summed E-state index contributed by atoms with van der Waals surface area (Å²) < 4.78 is 0. The van der Waals surface area contributed by atoms with Crippen molar-refractivity contribution in [2.75, 3.05) is 12.3 Å². The van der Waals surface area contributed by atoms with Crippen molar-refractivity contribution in [2.24, 2.45) is 0 Å². The molecular formula is C20H24N4O. The van der Waals surface area contributed by atoms with E-state index in [1.54, 1.807) is 6.07 Å². The fraction of sp³-hybridized carbons (Fsp3) is 0.450. The van der Waals surface area contributed by atoms with E-state index in [-0.39, 0.29) is 11.9 Å². The monoisotopic (exact) mass is 336 g/mol. The maximum atomic E-state index is 12.9. The zero-order valence-electron chi connectivity index (χ0n) is 14.7. The summed E-state index contributed by atoms with van der Waals surface area (Å²) >= 11 is 0. The third kappa shape index (κ3) is 3.23. The summed E-state index contributed by atoms with van der Waals surface area (Å²) in [5, 5.41) is 0. The second kappa shape index (κ2) is 6.47. The Hall–Kier alpha value is -2.43. The number of hydrogen-bond donors (Lipinski definition) is 1. The van der Waals surface area contributed by atoms with Crippen molar-refractivity contribution < 1.29 is 4.79 Å². The molecule has 5 nitrogen and oxygen atoms in total. The number of rotatable bonds is 3. The van der Waals surface area contributed by atoms with E-state index < -0.39 is 0 Å². The standard InChI is InChI=1S/C20H24N4O/c1-13-22-17(12-19(21)23-13)18-6-3-9-24(18)20(25)11-14-7-8-15-4-2-5-16(15)10-14/h7-8,10,12,18H,2-6,9,11H2,1H3,(H2,21,22,23)/t18-/m0/s1. The molecule has 130 valence electrons. The smallest absolute Gasteiger partial charge is 0.227 e. The van der Waals surface area contributed by atoms with Gasteiger partial charge in [0.25, 0.3) is 0 Å². The first-order valence-electron chi connectivity index (χ1n) is 9.11. The number of amides is 1. The molecule has 2 heterocycles. The van der Waals surface area contributed by atoms with E-state index in [0.717, 1.165) is 37.1 Å². The van der Waals surface area contributed by atoms with Crippen LogP contribution in [-0.4, -0.2) is 27.3 Å². The lowest BCUT2D eigenvalue weighted by molar-refractivity contribution is -0.131. The van der Waals surface area contributed by atoms with E-state index in [1.807, 2.05) is 11.8 Å². The van der Waals surface area contributed by atoms with Crippen LogP contribution in [0, 0.1) is 6.92 Å². The molecule has 1 saturated heterocycles. The van der Waals surface area contributed by atoms with Crippen LogP contribution < -0.4 is 5.73 Å². The van der Waals surface area contributed by atoms with E-state index in [9.17, 15) is 4.79 Å². The molecule has 2 N–H and O–H groups in total. The van der Waals surface area contributed by atoms with Gasteiger partial charge in [0.15, 0.2) is 0 Å². The van der Waals surface area contributed by atoms with Crippen molar-refractivity contribution >= 4 is 11.7 Å². The molecule has 25 heavy (non-hydrogen) atoms. The molecule has 1 aliphatic heterocycles. The zero-order chi connectivity index (χ0) is 17.4. The first kappa shape index (κ1) is 16.1. The van der Waals surface area contributed by atoms with Crippen LogP contribution in [-0.2, 0) is 24.1 Å². The number of carbonyl (C=O) groups excluding carboxylic acids is 1. The van der Waals surface area contributed by atoms with Gasteiger partial charge in [-0.2, -0.15) is 0 Å². The summed E-state index contributed by atoms with van der Waals surface area (Å²) in [5.74, 6) is 1.31. The second-order valence-electron chi connectivity index (χ2n) is 7.14. The maximum absolute atomic E-state index is 12.9. The summed E-state index contributed by atoms with van der Waals surface area (Å²) in [4.78, 5) is 23.5. The summed E-state index contributed by atoms with van der Waals surface area (Å²) in [6.07, 6.45) is 5.95. The van der Waals surface area contributed by atoms with Gasteiger partial charge in [-0.05, 0) is 55.7 Å². The highest BCUT2D eigenvalue weighted by Gasteiger charge is 2.31. The number of carbonyl (C=O) groups is 1. The Bertz CT molecular complexity index is 797. The molecule has 0 unspecified atom stereocenters.